The quantitative estimate of drug-likeness (QED) is 0.475. The lowest BCUT2D eigenvalue weighted by molar-refractivity contribution is 0.313. The van der Waals surface area contributed by atoms with Crippen molar-refractivity contribution in [3.8, 4) is 11.5 Å². The van der Waals surface area contributed by atoms with E-state index in [1.54, 1.807) is 18.3 Å². The van der Waals surface area contributed by atoms with Gasteiger partial charge in [-0.25, -0.2) is 18.7 Å². The Morgan fingerprint density at radius 3 is 2.52 bits per heavy atom. The van der Waals surface area contributed by atoms with Crippen molar-refractivity contribution >= 4 is 21.6 Å². The van der Waals surface area contributed by atoms with E-state index in [1.807, 2.05) is 25.2 Å². The van der Waals surface area contributed by atoms with Crippen molar-refractivity contribution in [1.82, 2.24) is 14.9 Å². The third-order valence-corrected chi connectivity index (χ3v) is 5.19. The van der Waals surface area contributed by atoms with Gasteiger partial charge in [-0.2, -0.15) is 0 Å². The Hall–Kier alpha value is -2.64. The van der Waals surface area contributed by atoms with E-state index in [0.717, 1.165) is 27.0 Å². The summed E-state index contributed by atoms with van der Waals surface area (Å²) in [6, 6.07) is 11.3. The maximum atomic E-state index is 13.4. The molecule has 27 heavy (non-hydrogen) atoms. The summed E-state index contributed by atoms with van der Waals surface area (Å²) in [4.78, 5) is 11.1. The van der Waals surface area contributed by atoms with Gasteiger partial charge in [-0.1, -0.05) is 12.1 Å². The normalized spacial score (nSPS) is 11.6. The van der Waals surface area contributed by atoms with Crippen LogP contribution in [0.4, 0.5) is 8.78 Å². The summed E-state index contributed by atoms with van der Waals surface area (Å²) in [7, 11) is 1.97. The highest BCUT2D eigenvalue weighted by Crippen LogP contribution is 2.26. The highest BCUT2D eigenvalue weighted by atomic mass is 32.1. The maximum absolute atomic E-state index is 13.4. The molecule has 0 aliphatic heterocycles. The molecule has 0 bridgehead atoms. The van der Waals surface area contributed by atoms with Gasteiger partial charge in [0.05, 0.1) is 22.5 Å². The van der Waals surface area contributed by atoms with Gasteiger partial charge < -0.3 is 4.42 Å². The molecule has 138 valence electrons. The topological polar surface area (TPSA) is 42.2 Å². The molecular weight excluding hydrogens is 368 g/mol. The molecule has 7 heteroatoms. The first-order valence-electron chi connectivity index (χ1n) is 8.44. The third kappa shape index (κ3) is 3.89. The summed E-state index contributed by atoms with van der Waals surface area (Å²) >= 11 is 1.67. The fourth-order valence-electron chi connectivity index (χ4n) is 2.91. The second kappa shape index (κ2) is 7.17. The van der Waals surface area contributed by atoms with E-state index in [4.69, 9.17) is 4.42 Å². The monoisotopic (exact) mass is 385 g/mol. The molecule has 0 spiro atoms. The average molecular weight is 385 g/mol. The number of halogens is 2. The second-order valence-corrected chi connectivity index (χ2v) is 7.54. The van der Waals surface area contributed by atoms with Crippen LogP contribution >= 0.6 is 11.3 Å². The van der Waals surface area contributed by atoms with Crippen LogP contribution in [0.25, 0.3) is 21.7 Å². The molecular formula is C20H17F2N3OS. The van der Waals surface area contributed by atoms with Gasteiger partial charge in [0.1, 0.15) is 22.4 Å². The van der Waals surface area contributed by atoms with Gasteiger partial charge in [-0.15, -0.1) is 11.3 Å². The van der Waals surface area contributed by atoms with E-state index in [-0.39, 0.29) is 11.5 Å². The molecule has 2 heterocycles. The second-order valence-electron chi connectivity index (χ2n) is 6.43. The first-order valence-corrected chi connectivity index (χ1v) is 9.25. The molecule has 0 amide bonds. The van der Waals surface area contributed by atoms with Crippen LogP contribution in [0.3, 0.4) is 0 Å². The lowest BCUT2D eigenvalue weighted by atomic mass is 10.2. The van der Waals surface area contributed by atoms with E-state index >= 15 is 0 Å². The SMILES string of the molecule is Cc1oc(-c2cc(F)cc(F)c2)nc1CN(C)Cc1nc2ccccc2s1. The molecule has 4 rings (SSSR count). The van der Waals surface area contributed by atoms with Crippen molar-refractivity contribution in [2.24, 2.45) is 0 Å². The number of aromatic nitrogens is 2. The molecule has 0 saturated heterocycles. The van der Waals surface area contributed by atoms with Crippen LogP contribution in [0, 0.1) is 18.6 Å². The van der Waals surface area contributed by atoms with Gasteiger partial charge >= 0.3 is 0 Å². The summed E-state index contributed by atoms with van der Waals surface area (Å²) in [5, 5.41) is 1.02. The molecule has 0 unspecified atom stereocenters. The lowest BCUT2D eigenvalue weighted by Gasteiger charge is -2.13. The fourth-order valence-corrected chi connectivity index (χ4v) is 3.95. The van der Waals surface area contributed by atoms with Gasteiger partial charge in [-0.3, -0.25) is 4.90 Å². The van der Waals surface area contributed by atoms with Crippen LogP contribution < -0.4 is 0 Å². The highest BCUT2D eigenvalue weighted by molar-refractivity contribution is 7.18. The van der Waals surface area contributed by atoms with Crippen LogP contribution in [0.2, 0.25) is 0 Å². The Bertz CT molecular complexity index is 1050. The molecule has 0 atom stereocenters. The molecule has 0 fully saturated rings. The summed E-state index contributed by atoms with van der Waals surface area (Å²) in [5.41, 5.74) is 2.02. The van der Waals surface area contributed by atoms with E-state index in [2.05, 4.69) is 20.9 Å². The van der Waals surface area contributed by atoms with Crippen molar-refractivity contribution in [2.75, 3.05) is 7.05 Å². The zero-order chi connectivity index (χ0) is 19.0. The molecule has 4 nitrogen and oxygen atoms in total. The summed E-state index contributed by atoms with van der Waals surface area (Å²) in [6.07, 6.45) is 0. The Kier molecular flexibility index (Phi) is 4.72. The van der Waals surface area contributed by atoms with Gasteiger partial charge in [0, 0.05) is 18.2 Å². The molecule has 4 aromatic rings. The first-order chi connectivity index (χ1) is 13.0. The number of aryl methyl sites for hydroxylation is 1. The van der Waals surface area contributed by atoms with Crippen LogP contribution in [-0.4, -0.2) is 21.9 Å². The summed E-state index contributed by atoms with van der Waals surface area (Å²) in [5.74, 6) is -0.467. The van der Waals surface area contributed by atoms with E-state index < -0.39 is 11.6 Å². The molecule has 0 aliphatic carbocycles. The minimum absolute atomic E-state index is 0.217. The number of nitrogens with zero attached hydrogens (tertiary/aromatic N) is 3. The predicted octanol–water partition coefficient (Wildman–Crippen LogP) is 5.17. The van der Waals surface area contributed by atoms with E-state index in [1.165, 1.54) is 12.1 Å². The number of thiazole rings is 1. The zero-order valence-electron chi connectivity index (χ0n) is 14.9. The van der Waals surface area contributed by atoms with Gasteiger partial charge in [0.25, 0.3) is 0 Å². The van der Waals surface area contributed by atoms with E-state index in [9.17, 15) is 8.78 Å². The predicted molar refractivity (Wildman–Crippen MR) is 101 cm³/mol. The lowest BCUT2D eigenvalue weighted by Crippen LogP contribution is -2.17. The number of hydrogen-bond acceptors (Lipinski definition) is 5. The first kappa shape index (κ1) is 17.8. The number of hydrogen-bond donors (Lipinski definition) is 0. The maximum Gasteiger partial charge on any atom is 0.226 e. The van der Waals surface area contributed by atoms with Gasteiger partial charge in [0.2, 0.25) is 5.89 Å². The van der Waals surface area contributed by atoms with Crippen LogP contribution in [0.15, 0.2) is 46.9 Å². The summed E-state index contributed by atoms with van der Waals surface area (Å²) in [6.45, 7) is 3.02. The number of para-hydroxylation sites is 1. The third-order valence-electron chi connectivity index (χ3n) is 4.17. The average Bonchev–Trinajstić information content (AvgIpc) is 3.17. The number of benzene rings is 2. The molecule has 2 aromatic heterocycles. The van der Waals surface area contributed by atoms with Crippen molar-refractivity contribution in [3.05, 3.63) is 70.6 Å². The Labute approximate surface area is 159 Å². The Morgan fingerprint density at radius 1 is 1.04 bits per heavy atom. The van der Waals surface area contributed by atoms with Crippen molar-refractivity contribution in [2.45, 2.75) is 20.0 Å². The summed E-state index contributed by atoms with van der Waals surface area (Å²) < 4.78 is 33.7. The number of fused-ring (bicyclic) bond motifs is 1. The van der Waals surface area contributed by atoms with Crippen molar-refractivity contribution in [1.29, 1.82) is 0 Å². The number of rotatable bonds is 5. The minimum atomic E-state index is -0.657. The molecule has 0 radical (unpaired) electrons. The van der Waals surface area contributed by atoms with Gasteiger partial charge in [0.15, 0.2) is 0 Å². The van der Waals surface area contributed by atoms with Crippen LogP contribution in [-0.2, 0) is 13.1 Å². The smallest absolute Gasteiger partial charge is 0.226 e. The zero-order valence-corrected chi connectivity index (χ0v) is 15.7. The Balaban J connectivity index is 1.51. The fraction of sp³-hybridized carbons (Fsp3) is 0.200. The molecule has 2 aromatic carbocycles. The molecule has 0 aliphatic rings. The molecule has 0 saturated carbocycles. The van der Waals surface area contributed by atoms with Crippen LogP contribution in [0.5, 0.6) is 0 Å². The molecule has 0 N–H and O–H groups in total. The van der Waals surface area contributed by atoms with Crippen molar-refractivity contribution in [3.63, 3.8) is 0 Å². The van der Waals surface area contributed by atoms with Gasteiger partial charge in [-0.05, 0) is 38.2 Å². The largest absolute Gasteiger partial charge is 0.441 e. The van der Waals surface area contributed by atoms with Crippen molar-refractivity contribution < 1.29 is 13.2 Å². The highest BCUT2D eigenvalue weighted by Gasteiger charge is 2.15. The number of oxazole rings is 1. The minimum Gasteiger partial charge on any atom is -0.441 e. The van der Waals surface area contributed by atoms with E-state index in [0.29, 0.717) is 18.8 Å². The van der Waals surface area contributed by atoms with Crippen LogP contribution in [0.1, 0.15) is 16.5 Å². The standard InChI is InChI=1S/C20H17F2N3OS/c1-12-17(24-20(26-12)13-7-14(21)9-15(22)8-13)10-25(2)11-19-23-16-5-3-4-6-18(16)27-19/h3-9H,10-11H2,1-2H3. The Morgan fingerprint density at radius 2 is 1.78 bits per heavy atom.